The van der Waals surface area contributed by atoms with Gasteiger partial charge in [-0.25, -0.2) is 14.4 Å². The number of aromatic nitrogens is 5. The van der Waals surface area contributed by atoms with Crippen LogP contribution in [0.15, 0.2) is 55.1 Å². The van der Waals surface area contributed by atoms with Crippen molar-refractivity contribution in [1.82, 2.24) is 29.9 Å². The van der Waals surface area contributed by atoms with Gasteiger partial charge in [0.05, 0.1) is 18.1 Å². The van der Waals surface area contributed by atoms with Gasteiger partial charge < -0.3 is 5.32 Å². The number of benzene rings is 1. The average Bonchev–Trinajstić information content (AvgIpc) is 3.13. The summed E-state index contributed by atoms with van der Waals surface area (Å²) in [5.41, 5.74) is 1.21. The number of pyridine rings is 1. The largest absolute Gasteiger partial charge is 0.435 e. The Bertz CT molecular complexity index is 1140. The Hall–Kier alpha value is -3.40. The molecule has 0 bridgehead atoms. The predicted octanol–water partition coefficient (Wildman–Crippen LogP) is 3.63. The minimum atomic E-state index is -4.61. The molecule has 148 valence electrons. The van der Waals surface area contributed by atoms with Gasteiger partial charge in [-0.15, -0.1) is 0 Å². The summed E-state index contributed by atoms with van der Waals surface area (Å²) >= 11 is 0. The molecule has 6 nitrogen and oxygen atoms in total. The Morgan fingerprint density at radius 1 is 1.03 bits per heavy atom. The number of alkyl halides is 3. The Balaban J connectivity index is 1.58. The first-order valence-corrected chi connectivity index (χ1v) is 8.58. The van der Waals surface area contributed by atoms with Crippen LogP contribution < -0.4 is 5.32 Å². The minimum absolute atomic E-state index is 0.185. The van der Waals surface area contributed by atoms with Crippen LogP contribution in [0, 0.1) is 5.82 Å². The van der Waals surface area contributed by atoms with E-state index in [4.69, 9.17) is 0 Å². The highest BCUT2D eigenvalue weighted by molar-refractivity contribution is 5.62. The van der Waals surface area contributed by atoms with E-state index in [1.807, 2.05) is 12.1 Å². The smallest absolute Gasteiger partial charge is 0.308 e. The molecule has 0 saturated heterocycles. The van der Waals surface area contributed by atoms with Crippen LogP contribution in [-0.4, -0.2) is 24.6 Å². The number of rotatable bonds is 5. The van der Waals surface area contributed by atoms with Crippen LogP contribution in [0.3, 0.4) is 0 Å². The van der Waals surface area contributed by atoms with Gasteiger partial charge in [0.1, 0.15) is 5.82 Å². The molecule has 0 unspecified atom stereocenters. The summed E-state index contributed by atoms with van der Waals surface area (Å²) in [5.74, 6) is -0.581. The molecule has 0 atom stereocenters. The summed E-state index contributed by atoms with van der Waals surface area (Å²) in [6.45, 7) is 0.772. The number of halogens is 4. The fourth-order valence-corrected chi connectivity index (χ4v) is 2.82. The summed E-state index contributed by atoms with van der Waals surface area (Å²) < 4.78 is 53.8. The Morgan fingerprint density at radius 2 is 1.90 bits per heavy atom. The highest BCUT2D eigenvalue weighted by Gasteiger charge is 2.33. The summed E-state index contributed by atoms with van der Waals surface area (Å²) in [6.07, 6.45) is 0.770. The summed E-state index contributed by atoms with van der Waals surface area (Å²) in [7, 11) is 0. The molecule has 4 rings (SSSR count). The molecular formula is C19H14F4N6. The first kappa shape index (κ1) is 18.9. The molecule has 0 aliphatic rings. The van der Waals surface area contributed by atoms with E-state index >= 15 is 0 Å². The van der Waals surface area contributed by atoms with Gasteiger partial charge in [0.15, 0.2) is 5.69 Å². The van der Waals surface area contributed by atoms with E-state index in [0.717, 1.165) is 5.56 Å². The first-order valence-electron chi connectivity index (χ1n) is 8.58. The average molecular weight is 402 g/mol. The van der Waals surface area contributed by atoms with Crippen molar-refractivity contribution in [2.24, 2.45) is 0 Å². The molecule has 3 heterocycles. The highest BCUT2D eigenvalue weighted by Crippen LogP contribution is 2.28. The van der Waals surface area contributed by atoms with Crippen molar-refractivity contribution in [3.63, 3.8) is 0 Å². The van der Waals surface area contributed by atoms with Crippen molar-refractivity contribution in [2.45, 2.75) is 19.3 Å². The normalized spacial score (nSPS) is 11.9. The van der Waals surface area contributed by atoms with Crippen LogP contribution in [0.1, 0.15) is 16.8 Å². The molecule has 1 N–H and O–H groups in total. The Kier molecular flexibility index (Phi) is 4.93. The molecule has 0 spiro atoms. The number of hydrogen-bond acceptors (Lipinski definition) is 5. The first-order chi connectivity index (χ1) is 13.9. The third kappa shape index (κ3) is 4.06. The molecule has 0 saturated carbocycles. The molecule has 0 fully saturated rings. The third-order valence-electron chi connectivity index (χ3n) is 4.24. The lowest BCUT2D eigenvalue weighted by atomic mass is 10.1. The maximum atomic E-state index is 14.2. The highest BCUT2D eigenvalue weighted by atomic mass is 19.4. The number of hydrogen-bond donors (Lipinski definition) is 1. The topological polar surface area (TPSA) is 68.0 Å². The van der Waals surface area contributed by atoms with E-state index in [9.17, 15) is 17.6 Å². The van der Waals surface area contributed by atoms with Crippen molar-refractivity contribution in [2.75, 3.05) is 0 Å². The van der Waals surface area contributed by atoms with Gasteiger partial charge in [0, 0.05) is 36.6 Å². The Labute approximate surface area is 162 Å². The second-order valence-corrected chi connectivity index (χ2v) is 6.27. The quantitative estimate of drug-likeness (QED) is 0.517. The van der Waals surface area contributed by atoms with E-state index < -0.39 is 17.7 Å². The molecule has 10 heteroatoms. The van der Waals surface area contributed by atoms with Crippen LogP contribution in [0.5, 0.6) is 0 Å². The van der Waals surface area contributed by atoms with Crippen LogP contribution in [0.4, 0.5) is 17.6 Å². The van der Waals surface area contributed by atoms with E-state index in [0.29, 0.717) is 29.6 Å². The summed E-state index contributed by atoms with van der Waals surface area (Å²) in [6, 6.07) is 8.14. The van der Waals surface area contributed by atoms with Crippen LogP contribution in [0.25, 0.3) is 17.0 Å². The molecule has 3 aromatic heterocycles. The second kappa shape index (κ2) is 7.55. The molecule has 1 aromatic carbocycles. The van der Waals surface area contributed by atoms with Crippen LogP contribution in [-0.2, 0) is 19.3 Å². The minimum Gasteiger partial charge on any atom is -0.308 e. The van der Waals surface area contributed by atoms with Gasteiger partial charge in [0.25, 0.3) is 5.78 Å². The monoisotopic (exact) mass is 402 g/mol. The maximum Gasteiger partial charge on any atom is 0.435 e. The van der Waals surface area contributed by atoms with Crippen molar-refractivity contribution >= 4 is 5.78 Å². The SMILES string of the molecule is Fc1ccc(-c2cnc3nc(C(F)(F)F)cnn23)cc1CNCc1cccnc1. The van der Waals surface area contributed by atoms with Gasteiger partial charge in [-0.3, -0.25) is 4.98 Å². The van der Waals surface area contributed by atoms with Crippen molar-refractivity contribution in [3.05, 3.63) is 77.8 Å². The van der Waals surface area contributed by atoms with E-state index in [2.05, 4.69) is 25.4 Å². The molecular weight excluding hydrogens is 388 g/mol. The second-order valence-electron chi connectivity index (χ2n) is 6.27. The maximum absolute atomic E-state index is 14.2. The molecule has 0 aliphatic heterocycles. The number of nitrogens with one attached hydrogen (secondary N) is 1. The van der Waals surface area contributed by atoms with Crippen LogP contribution in [0.2, 0.25) is 0 Å². The van der Waals surface area contributed by atoms with Crippen molar-refractivity contribution in [3.8, 4) is 11.3 Å². The van der Waals surface area contributed by atoms with Gasteiger partial charge in [0.2, 0.25) is 0 Å². The number of nitrogens with zero attached hydrogens (tertiary/aromatic N) is 5. The van der Waals surface area contributed by atoms with Gasteiger partial charge in [-0.2, -0.15) is 22.8 Å². The molecule has 0 amide bonds. The zero-order chi connectivity index (χ0) is 20.4. The zero-order valence-corrected chi connectivity index (χ0v) is 14.9. The summed E-state index contributed by atoms with van der Waals surface area (Å²) in [4.78, 5) is 11.4. The lowest BCUT2D eigenvalue weighted by Crippen LogP contribution is -2.14. The molecule has 0 aliphatic carbocycles. The van der Waals surface area contributed by atoms with Crippen molar-refractivity contribution in [1.29, 1.82) is 0 Å². The van der Waals surface area contributed by atoms with Crippen molar-refractivity contribution < 1.29 is 17.6 Å². The lowest BCUT2D eigenvalue weighted by Gasteiger charge is -2.09. The van der Waals surface area contributed by atoms with Gasteiger partial charge in [-0.05, 0) is 29.8 Å². The summed E-state index contributed by atoms with van der Waals surface area (Å²) in [5, 5.41) is 6.93. The zero-order valence-electron chi connectivity index (χ0n) is 14.9. The van der Waals surface area contributed by atoms with E-state index in [-0.39, 0.29) is 12.3 Å². The molecule has 29 heavy (non-hydrogen) atoms. The van der Waals surface area contributed by atoms with E-state index in [1.54, 1.807) is 18.5 Å². The third-order valence-corrected chi connectivity index (χ3v) is 4.24. The number of fused-ring (bicyclic) bond motifs is 1. The standard InChI is InChI=1S/C19H14F4N6/c20-15-4-3-13(6-14(15)9-25-8-12-2-1-5-24-7-12)16-10-26-18-28-17(19(21,22)23)11-27-29(16)18/h1-7,10-11,25H,8-9H2. The fraction of sp³-hybridized carbons (Fsp3) is 0.158. The van der Waals surface area contributed by atoms with E-state index in [1.165, 1.54) is 22.8 Å². The number of imidazole rings is 1. The van der Waals surface area contributed by atoms with Gasteiger partial charge in [-0.1, -0.05) is 6.07 Å². The lowest BCUT2D eigenvalue weighted by molar-refractivity contribution is -0.141. The Morgan fingerprint density at radius 3 is 2.66 bits per heavy atom. The van der Waals surface area contributed by atoms with Gasteiger partial charge >= 0.3 is 6.18 Å². The fourth-order valence-electron chi connectivity index (χ4n) is 2.82. The molecule has 4 aromatic rings. The van der Waals surface area contributed by atoms with Crippen LogP contribution >= 0.6 is 0 Å². The predicted molar refractivity (Wildman–Crippen MR) is 96.0 cm³/mol. The molecule has 0 radical (unpaired) electrons.